The molecule has 6 aromatic carbocycles. The summed E-state index contributed by atoms with van der Waals surface area (Å²) in [4.78, 5) is 49.4. The van der Waals surface area contributed by atoms with Gasteiger partial charge in [-0.1, -0.05) is 34.8 Å². The molecule has 2 aliphatic rings. The van der Waals surface area contributed by atoms with Gasteiger partial charge >= 0.3 is 0 Å². The van der Waals surface area contributed by atoms with E-state index in [0.29, 0.717) is 88.0 Å². The third-order valence-corrected chi connectivity index (χ3v) is 14.8. The number of aromatic hydroxyl groups is 1. The van der Waals surface area contributed by atoms with Crippen molar-refractivity contribution in [1.82, 2.24) is 64.6 Å². The van der Waals surface area contributed by atoms with E-state index in [1.807, 2.05) is 0 Å². The maximum absolute atomic E-state index is 14.1. The molecule has 14 rings (SSSR count). The highest BCUT2D eigenvalue weighted by Crippen LogP contribution is 2.28. The van der Waals surface area contributed by atoms with Gasteiger partial charge in [-0.3, -0.25) is 14.4 Å². The number of aromatic nitrogens is 12. The van der Waals surface area contributed by atoms with Gasteiger partial charge in [0.2, 0.25) is 11.8 Å². The average molecular weight is 1430 g/mol. The molecule has 99 heavy (non-hydrogen) atoms. The molecular formula is C65H48Cl3F9N14O8. The Labute approximate surface area is 567 Å². The molecule has 22 nitrogen and oxygen atoms in total. The van der Waals surface area contributed by atoms with E-state index in [4.69, 9.17) is 53.8 Å². The predicted molar refractivity (Wildman–Crippen MR) is 344 cm³/mol. The molecule has 0 amide bonds. The highest BCUT2D eigenvalue weighted by molar-refractivity contribution is 6.31. The molecule has 0 aliphatic carbocycles. The van der Waals surface area contributed by atoms with Gasteiger partial charge in [-0.05, 0) is 78.9 Å². The summed E-state index contributed by atoms with van der Waals surface area (Å²) >= 11 is 16.4. The molecule has 0 saturated carbocycles. The fourth-order valence-corrected chi connectivity index (χ4v) is 9.81. The summed E-state index contributed by atoms with van der Waals surface area (Å²) in [6, 6.07) is 26.3. The number of halogens is 12. The van der Waals surface area contributed by atoms with Gasteiger partial charge in [-0.15, -0.1) is 30.6 Å². The summed E-state index contributed by atoms with van der Waals surface area (Å²) < 4.78 is 149. The number of morpholine rings is 2. The minimum Gasteiger partial charge on any atom is -0.508 e. The maximum Gasteiger partial charge on any atom is 0.280 e. The fourth-order valence-electron chi connectivity index (χ4n) is 9.51. The molecule has 2 aliphatic heterocycles. The van der Waals surface area contributed by atoms with Gasteiger partial charge in [0, 0.05) is 91.4 Å². The Hall–Kier alpha value is -10.7. The first-order valence-electron chi connectivity index (χ1n) is 29.1. The third kappa shape index (κ3) is 18.9. The second-order valence-corrected chi connectivity index (χ2v) is 22.1. The molecule has 34 heteroatoms. The zero-order valence-corrected chi connectivity index (χ0v) is 53.1. The van der Waals surface area contributed by atoms with Crippen LogP contribution in [0.1, 0.15) is 16.7 Å². The van der Waals surface area contributed by atoms with Crippen molar-refractivity contribution in [3.05, 3.63) is 262 Å². The van der Waals surface area contributed by atoms with Gasteiger partial charge in [0.05, 0.1) is 97.8 Å². The number of ether oxygens (including phenoxy) is 4. The van der Waals surface area contributed by atoms with E-state index < -0.39 is 69.0 Å². The van der Waals surface area contributed by atoms with Gasteiger partial charge in [0.15, 0.2) is 21.3 Å². The lowest BCUT2D eigenvalue weighted by atomic mass is 10.1. The Morgan fingerprint density at radius 2 is 0.778 bits per heavy atom. The third-order valence-electron chi connectivity index (χ3n) is 14.2. The molecule has 8 heterocycles. The van der Waals surface area contributed by atoms with Crippen molar-refractivity contribution in [2.45, 2.75) is 19.6 Å². The van der Waals surface area contributed by atoms with E-state index in [1.165, 1.54) is 68.6 Å². The SMILES string of the molecule is C1COCCN1.Clc1ccc(Cl)nn1.O=c1ncn(Cc2c(F)cc(F)cc2F)c2ccc(O)cc12.O=c1ncn(Cc2c(F)cc(F)cc2F)c2ccc(Oc3ccc(Cl)nn3)cc12.O=c1ncn(Cc2c(F)cc(F)cc2F)c2ccc(Oc3ccc(N4CCOCC4)nn3)cc12. The number of anilines is 1. The van der Waals surface area contributed by atoms with Gasteiger partial charge in [0.25, 0.3) is 16.7 Å². The van der Waals surface area contributed by atoms with E-state index in [2.05, 4.69) is 55.8 Å². The van der Waals surface area contributed by atoms with Crippen molar-refractivity contribution in [2.24, 2.45) is 0 Å². The van der Waals surface area contributed by atoms with Crippen LogP contribution in [0.5, 0.6) is 29.0 Å². The first-order chi connectivity index (χ1) is 47.6. The number of hydrogen-bond donors (Lipinski definition) is 2. The topological polar surface area (TPSA) is 254 Å². The zero-order chi connectivity index (χ0) is 70.3. The first-order valence-corrected chi connectivity index (χ1v) is 30.3. The van der Waals surface area contributed by atoms with Crippen LogP contribution in [0.15, 0.2) is 161 Å². The number of phenolic OH excluding ortho intramolecular Hbond substituents is 1. The van der Waals surface area contributed by atoms with Crippen LogP contribution in [0.3, 0.4) is 0 Å². The second-order valence-electron chi connectivity index (χ2n) is 20.9. The number of rotatable bonds is 11. The number of benzene rings is 6. The summed E-state index contributed by atoms with van der Waals surface area (Å²) in [5.41, 5.74) is -1.61. The van der Waals surface area contributed by atoms with Crippen LogP contribution in [0, 0.1) is 52.4 Å². The summed E-state index contributed by atoms with van der Waals surface area (Å²) in [5.74, 6) is -7.62. The maximum atomic E-state index is 14.1. The van der Waals surface area contributed by atoms with Crippen molar-refractivity contribution in [3.63, 3.8) is 0 Å². The molecule has 2 N–H and O–H groups in total. The molecule has 2 fully saturated rings. The summed E-state index contributed by atoms with van der Waals surface area (Å²) in [6.45, 7) is 5.70. The molecule has 0 unspecified atom stereocenters. The molecule has 0 radical (unpaired) electrons. The van der Waals surface area contributed by atoms with Crippen LogP contribution >= 0.6 is 34.8 Å². The Balaban J connectivity index is 0.000000148. The van der Waals surface area contributed by atoms with E-state index >= 15 is 0 Å². The van der Waals surface area contributed by atoms with Crippen LogP contribution in [-0.2, 0) is 29.1 Å². The standard InChI is InChI=1S/C23H18F3N5O3.C19H10ClF3N4O2.C15H9F3N2O2.C4H2Cl2N2.C4H9NO/c24-14-9-18(25)17(19(26)10-14)12-31-13-27-23(32)16-11-15(1-2-20(16)31)34-22-4-3-21(28-29-22)30-5-7-33-8-6-30;20-17-3-4-18(26-25-17)29-11-1-2-16-12(7-11)19(28)24-9-27(16)8-13-14(22)5-10(21)6-15(13)23;16-8-3-12(17)11(13(18)4-8)6-20-7-19-15(22)10-5-9(21)1-2-14(10)20;5-3-1-2-4(6)8-7-3;1-3-6-4-2-5-1/h1-4,9-11,13H,5-8,12H2;1-7,9H,8H2;1-5,7,21H,6H2;1-2H;5H,1-4H2. The molecule has 0 atom stereocenters. The Bertz CT molecular complexity index is 4950. The van der Waals surface area contributed by atoms with Crippen molar-refractivity contribution in [2.75, 3.05) is 57.5 Å². The molecule has 12 aromatic rings. The van der Waals surface area contributed by atoms with E-state index in [1.54, 1.807) is 42.5 Å². The van der Waals surface area contributed by atoms with Crippen molar-refractivity contribution >= 4 is 73.3 Å². The largest absolute Gasteiger partial charge is 0.508 e. The van der Waals surface area contributed by atoms with Crippen molar-refractivity contribution < 1.29 is 63.6 Å². The number of hydrogen-bond acceptors (Lipinski definition) is 19. The second kappa shape index (κ2) is 33.0. The van der Waals surface area contributed by atoms with Crippen LogP contribution in [0.2, 0.25) is 15.5 Å². The van der Waals surface area contributed by atoms with Crippen LogP contribution in [-0.4, -0.2) is 117 Å². The Morgan fingerprint density at radius 3 is 1.12 bits per heavy atom. The quantitative estimate of drug-likeness (QED) is 0.114. The summed E-state index contributed by atoms with van der Waals surface area (Å²) in [7, 11) is 0. The van der Waals surface area contributed by atoms with Crippen LogP contribution < -0.4 is 36.4 Å². The Kier molecular flexibility index (Phi) is 23.7. The van der Waals surface area contributed by atoms with E-state index in [9.17, 15) is 59.0 Å². The fraction of sp³-hybridized carbons (Fsp3) is 0.169. The highest BCUT2D eigenvalue weighted by atomic mass is 35.5. The minimum absolute atomic E-state index is 0.116. The zero-order valence-electron chi connectivity index (χ0n) is 50.8. The average Bonchev–Trinajstić information content (AvgIpc) is 0.802. The molecule has 6 aromatic heterocycles. The van der Waals surface area contributed by atoms with Crippen molar-refractivity contribution in [1.29, 1.82) is 0 Å². The van der Waals surface area contributed by atoms with Gasteiger partial charge in [-0.25, -0.2) is 39.5 Å². The number of nitrogens with one attached hydrogen (secondary N) is 1. The van der Waals surface area contributed by atoms with E-state index in [0.717, 1.165) is 52.0 Å². The summed E-state index contributed by atoms with van der Waals surface area (Å²) in [5, 5.41) is 36.5. The molecular weight excluding hydrogens is 1380 g/mol. The smallest absolute Gasteiger partial charge is 0.280 e. The predicted octanol–water partition coefficient (Wildman–Crippen LogP) is 11.3. The Morgan fingerprint density at radius 1 is 0.424 bits per heavy atom. The molecule has 0 spiro atoms. The number of phenols is 1. The van der Waals surface area contributed by atoms with Crippen molar-refractivity contribution in [3.8, 4) is 29.0 Å². The van der Waals surface area contributed by atoms with Gasteiger partial charge in [-0.2, -0.15) is 15.0 Å². The monoisotopic (exact) mass is 1430 g/mol. The summed E-state index contributed by atoms with van der Waals surface area (Å²) in [6.07, 6.45) is 3.49. The van der Waals surface area contributed by atoms with E-state index in [-0.39, 0.29) is 80.9 Å². The molecule has 2 saturated heterocycles. The van der Waals surface area contributed by atoms with Gasteiger partial charge < -0.3 is 48.0 Å². The lowest BCUT2D eigenvalue weighted by Crippen LogP contribution is -2.36. The van der Waals surface area contributed by atoms with Crippen LogP contribution in [0.25, 0.3) is 32.7 Å². The lowest BCUT2D eigenvalue weighted by Gasteiger charge is -2.27. The van der Waals surface area contributed by atoms with Crippen LogP contribution in [0.4, 0.5) is 45.3 Å². The number of nitrogens with zero attached hydrogens (tertiary/aromatic N) is 13. The minimum atomic E-state index is -1.03. The molecule has 0 bridgehead atoms. The lowest BCUT2D eigenvalue weighted by molar-refractivity contribution is 0.109. The number of fused-ring (bicyclic) bond motifs is 3. The highest BCUT2D eigenvalue weighted by Gasteiger charge is 2.19. The molecule has 510 valence electrons. The van der Waals surface area contributed by atoms with Gasteiger partial charge in [0.1, 0.15) is 69.6 Å². The first kappa shape index (κ1) is 71.1. The normalized spacial score (nSPS) is 12.7.